The Morgan fingerprint density at radius 1 is 0.938 bits per heavy atom. The number of alkyl halides is 7. The van der Waals surface area contributed by atoms with Crippen molar-refractivity contribution in [1.82, 2.24) is 0 Å². The fourth-order valence-corrected chi connectivity index (χ4v) is 0.735. The molecule has 0 aliphatic rings. The summed E-state index contributed by atoms with van der Waals surface area (Å²) in [6.07, 6.45) is -14.9. The molecule has 0 unspecified atom stereocenters. The first-order chi connectivity index (χ1) is 6.89. The molecular formula is C6H2F8O2. The molecule has 0 aromatic rings. The molecule has 0 rings (SSSR count). The molecule has 2 nitrogen and oxygen atoms in total. The average molecular weight is 258 g/mol. The predicted octanol–water partition coefficient (Wildman–Crippen LogP) is 2.76. The molecule has 10 heteroatoms. The number of hydrogen-bond donors (Lipinski definition) is 1. The molecular weight excluding hydrogens is 256 g/mol. The molecule has 0 atom stereocenters. The van der Waals surface area contributed by atoms with Crippen molar-refractivity contribution in [2.24, 2.45) is 0 Å². The van der Waals surface area contributed by atoms with Crippen molar-refractivity contribution >= 4 is 5.97 Å². The molecule has 1 N–H and O–H groups in total. The lowest BCUT2D eigenvalue weighted by atomic mass is 9.95. The van der Waals surface area contributed by atoms with E-state index in [1.807, 2.05) is 0 Å². The molecule has 0 aromatic carbocycles. The summed E-state index contributed by atoms with van der Waals surface area (Å²) in [5.41, 5.74) is -9.33. The van der Waals surface area contributed by atoms with E-state index in [1.165, 1.54) is 0 Å². The van der Waals surface area contributed by atoms with Crippen LogP contribution in [0.2, 0.25) is 0 Å². The summed E-state index contributed by atoms with van der Waals surface area (Å²) in [6.45, 7) is 0. The molecule has 0 amide bonds. The van der Waals surface area contributed by atoms with Crippen LogP contribution in [-0.2, 0) is 4.79 Å². The number of halogens is 8. The second kappa shape index (κ2) is 3.91. The van der Waals surface area contributed by atoms with Gasteiger partial charge >= 0.3 is 24.0 Å². The molecule has 0 saturated carbocycles. The van der Waals surface area contributed by atoms with Gasteiger partial charge in [0.25, 0.3) is 0 Å². The lowest BCUT2D eigenvalue weighted by Crippen LogP contribution is -2.56. The third kappa shape index (κ3) is 2.09. The van der Waals surface area contributed by atoms with Crippen molar-refractivity contribution in [2.45, 2.75) is 18.0 Å². The largest absolute Gasteiger partial charge is 0.478 e. The first-order valence-corrected chi connectivity index (χ1v) is 3.26. The van der Waals surface area contributed by atoms with Gasteiger partial charge in [-0.15, -0.1) is 0 Å². The van der Waals surface area contributed by atoms with Gasteiger partial charge in [0, 0.05) is 0 Å². The highest BCUT2D eigenvalue weighted by Crippen LogP contribution is 2.50. The topological polar surface area (TPSA) is 37.3 Å². The van der Waals surface area contributed by atoms with Crippen LogP contribution in [0.3, 0.4) is 0 Å². The van der Waals surface area contributed by atoms with Crippen LogP contribution in [0.5, 0.6) is 0 Å². The third-order valence-electron chi connectivity index (χ3n) is 1.49. The summed E-state index contributed by atoms with van der Waals surface area (Å²) in [5.74, 6) is -3.00. The van der Waals surface area contributed by atoms with Crippen molar-refractivity contribution in [1.29, 1.82) is 0 Å². The number of rotatable bonds is 2. The van der Waals surface area contributed by atoms with E-state index in [0.29, 0.717) is 0 Å². The maximum Gasteiger partial charge on any atom is 0.436 e. The number of carboxylic acid groups (broad SMARTS) is 1. The SMILES string of the molecule is O=C(O)C(=CF)C(F)(C(F)(F)F)C(F)(F)F. The minimum absolute atomic E-state index is 1.58. The Labute approximate surface area is 82.2 Å². The van der Waals surface area contributed by atoms with Crippen molar-refractivity contribution in [3.05, 3.63) is 11.9 Å². The Morgan fingerprint density at radius 3 is 1.31 bits per heavy atom. The Kier molecular flexibility index (Phi) is 3.58. The number of carboxylic acids is 1. The zero-order valence-electron chi connectivity index (χ0n) is 6.96. The van der Waals surface area contributed by atoms with Gasteiger partial charge in [-0.05, 0) is 0 Å². The van der Waals surface area contributed by atoms with E-state index in [4.69, 9.17) is 5.11 Å². The van der Waals surface area contributed by atoms with Crippen LogP contribution in [-0.4, -0.2) is 29.1 Å². The maximum absolute atomic E-state index is 12.8. The van der Waals surface area contributed by atoms with Crippen LogP contribution in [0, 0.1) is 0 Å². The number of hydrogen-bond acceptors (Lipinski definition) is 1. The van der Waals surface area contributed by atoms with Crippen molar-refractivity contribution in [2.75, 3.05) is 0 Å². The third-order valence-corrected chi connectivity index (χ3v) is 1.49. The minimum Gasteiger partial charge on any atom is -0.478 e. The number of aliphatic carboxylic acids is 1. The fraction of sp³-hybridized carbons (Fsp3) is 0.500. The lowest BCUT2D eigenvalue weighted by Gasteiger charge is -2.29. The normalized spacial score (nSPS) is 15.1. The van der Waals surface area contributed by atoms with Crippen molar-refractivity contribution < 1.29 is 45.0 Å². The minimum atomic E-state index is -6.64. The molecule has 0 aliphatic heterocycles. The van der Waals surface area contributed by atoms with E-state index in [-0.39, 0.29) is 0 Å². The monoisotopic (exact) mass is 258 g/mol. The molecule has 0 fully saturated rings. The fourth-order valence-electron chi connectivity index (χ4n) is 0.735. The summed E-state index contributed by atoms with van der Waals surface area (Å²) in [7, 11) is 0. The molecule has 0 bridgehead atoms. The Morgan fingerprint density at radius 2 is 1.25 bits per heavy atom. The van der Waals surface area contributed by atoms with Gasteiger partial charge in [0.05, 0.1) is 0 Å². The summed E-state index contributed by atoms with van der Waals surface area (Å²) in [4.78, 5) is 9.92. The van der Waals surface area contributed by atoms with Crippen LogP contribution in [0.15, 0.2) is 11.9 Å². The van der Waals surface area contributed by atoms with Crippen molar-refractivity contribution in [3.63, 3.8) is 0 Å². The average Bonchev–Trinajstić information content (AvgIpc) is 1.99. The highest BCUT2D eigenvalue weighted by atomic mass is 19.4. The van der Waals surface area contributed by atoms with E-state index >= 15 is 0 Å². The summed E-state index contributed by atoms with van der Waals surface area (Å²) >= 11 is 0. The van der Waals surface area contributed by atoms with E-state index in [2.05, 4.69) is 0 Å². The molecule has 16 heavy (non-hydrogen) atoms. The molecule has 0 aliphatic carbocycles. The van der Waals surface area contributed by atoms with Crippen molar-refractivity contribution in [3.8, 4) is 0 Å². The van der Waals surface area contributed by atoms with Gasteiger partial charge in [0.15, 0.2) is 0 Å². The second-order valence-electron chi connectivity index (χ2n) is 2.48. The van der Waals surface area contributed by atoms with Crippen LogP contribution in [0.1, 0.15) is 0 Å². The molecule has 0 spiro atoms. The Hall–Kier alpha value is -1.35. The molecule has 0 radical (unpaired) electrons. The molecule has 0 heterocycles. The number of carbonyl (C=O) groups is 1. The zero-order chi connectivity index (χ0) is 13.4. The first-order valence-electron chi connectivity index (χ1n) is 3.26. The Bertz CT molecular complexity index is 297. The van der Waals surface area contributed by atoms with Gasteiger partial charge < -0.3 is 5.11 Å². The van der Waals surface area contributed by atoms with Crippen LogP contribution < -0.4 is 0 Å². The summed E-state index contributed by atoms with van der Waals surface area (Å²) in [6, 6.07) is 0. The van der Waals surface area contributed by atoms with Gasteiger partial charge in [-0.2, -0.15) is 26.3 Å². The van der Waals surface area contributed by atoms with E-state index < -0.39 is 35.9 Å². The van der Waals surface area contributed by atoms with E-state index in [0.717, 1.165) is 0 Å². The predicted molar refractivity (Wildman–Crippen MR) is 32.8 cm³/mol. The molecule has 94 valence electrons. The summed E-state index contributed by atoms with van der Waals surface area (Å²) < 4.78 is 95.5. The quantitative estimate of drug-likeness (QED) is 0.610. The zero-order valence-corrected chi connectivity index (χ0v) is 6.96. The van der Waals surface area contributed by atoms with Crippen LogP contribution >= 0.6 is 0 Å². The van der Waals surface area contributed by atoms with Gasteiger partial charge in [-0.1, -0.05) is 0 Å². The highest BCUT2D eigenvalue weighted by Gasteiger charge is 2.76. The van der Waals surface area contributed by atoms with Gasteiger partial charge in [0.2, 0.25) is 0 Å². The summed E-state index contributed by atoms with van der Waals surface area (Å²) in [5, 5.41) is 7.89. The smallest absolute Gasteiger partial charge is 0.436 e. The van der Waals surface area contributed by atoms with Gasteiger partial charge in [-0.3, -0.25) is 0 Å². The van der Waals surface area contributed by atoms with E-state index in [1.54, 1.807) is 0 Å². The maximum atomic E-state index is 12.8. The van der Waals surface area contributed by atoms with Crippen LogP contribution in [0.25, 0.3) is 0 Å². The molecule has 0 saturated heterocycles. The molecule has 0 aromatic heterocycles. The standard InChI is InChI=1S/C6H2F8O2/c7-1-2(3(15)16)4(8,5(9,10)11)6(12,13)14/h1H,(H,15,16). The van der Waals surface area contributed by atoms with Gasteiger partial charge in [-0.25, -0.2) is 13.6 Å². The van der Waals surface area contributed by atoms with Gasteiger partial charge in [0.1, 0.15) is 11.9 Å². The first kappa shape index (κ1) is 14.7. The Balaban J connectivity index is 5.90. The lowest BCUT2D eigenvalue weighted by molar-refractivity contribution is -0.326. The van der Waals surface area contributed by atoms with Crippen LogP contribution in [0.4, 0.5) is 35.1 Å². The van der Waals surface area contributed by atoms with E-state index in [9.17, 15) is 39.9 Å². The highest BCUT2D eigenvalue weighted by molar-refractivity contribution is 5.89. The second-order valence-corrected chi connectivity index (χ2v) is 2.48.